The summed E-state index contributed by atoms with van der Waals surface area (Å²) >= 11 is 5.68. The Labute approximate surface area is 115 Å². The standard InChI is InChI=1S/C14H11ClFNO2/c1-9-2-5-14(13(7-18)17-9)19-8-10-3-4-12(16)11(15)6-10/h2-7H,8H2,1H3. The van der Waals surface area contributed by atoms with E-state index in [4.69, 9.17) is 16.3 Å². The van der Waals surface area contributed by atoms with Crippen LogP contribution in [0.1, 0.15) is 21.7 Å². The average Bonchev–Trinajstić information content (AvgIpc) is 2.41. The molecular formula is C14H11ClFNO2. The predicted octanol–water partition coefficient (Wildman–Crippen LogP) is 3.57. The van der Waals surface area contributed by atoms with Crippen LogP contribution in [-0.2, 0) is 6.61 Å². The molecule has 1 aromatic carbocycles. The van der Waals surface area contributed by atoms with Gasteiger partial charge in [0.25, 0.3) is 0 Å². The van der Waals surface area contributed by atoms with Gasteiger partial charge in [0.2, 0.25) is 0 Å². The number of pyridine rings is 1. The van der Waals surface area contributed by atoms with Crippen molar-refractivity contribution in [3.63, 3.8) is 0 Å². The number of aryl methyl sites for hydroxylation is 1. The van der Waals surface area contributed by atoms with Gasteiger partial charge >= 0.3 is 0 Å². The van der Waals surface area contributed by atoms with Crippen molar-refractivity contribution in [1.82, 2.24) is 4.98 Å². The van der Waals surface area contributed by atoms with E-state index in [9.17, 15) is 9.18 Å². The lowest BCUT2D eigenvalue weighted by Gasteiger charge is -2.08. The first-order valence-corrected chi connectivity index (χ1v) is 5.97. The molecule has 1 heterocycles. The molecule has 0 aliphatic carbocycles. The fraction of sp³-hybridized carbons (Fsp3) is 0.143. The fourth-order valence-corrected chi connectivity index (χ4v) is 1.76. The number of carbonyl (C=O) groups is 1. The fourth-order valence-electron chi connectivity index (χ4n) is 1.56. The number of nitrogens with zero attached hydrogens (tertiary/aromatic N) is 1. The molecule has 0 aliphatic rings. The van der Waals surface area contributed by atoms with Gasteiger partial charge in [-0.05, 0) is 36.8 Å². The highest BCUT2D eigenvalue weighted by Gasteiger charge is 2.06. The molecule has 3 nitrogen and oxygen atoms in total. The number of halogens is 2. The third-order valence-corrected chi connectivity index (χ3v) is 2.80. The average molecular weight is 280 g/mol. The van der Waals surface area contributed by atoms with Gasteiger partial charge in [-0.2, -0.15) is 0 Å². The van der Waals surface area contributed by atoms with Crippen LogP contribution in [-0.4, -0.2) is 11.3 Å². The first-order chi connectivity index (χ1) is 9.10. The second-order valence-corrected chi connectivity index (χ2v) is 4.40. The molecule has 0 atom stereocenters. The molecular weight excluding hydrogens is 269 g/mol. The SMILES string of the molecule is Cc1ccc(OCc2ccc(F)c(Cl)c2)c(C=O)n1. The van der Waals surface area contributed by atoms with E-state index >= 15 is 0 Å². The summed E-state index contributed by atoms with van der Waals surface area (Å²) in [5, 5.41) is 0.0405. The molecule has 0 unspecified atom stereocenters. The van der Waals surface area contributed by atoms with E-state index in [0.29, 0.717) is 17.6 Å². The first-order valence-electron chi connectivity index (χ1n) is 5.59. The summed E-state index contributed by atoms with van der Waals surface area (Å²) in [4.78, 5) is 14.9. The van der Waals surface area contributed by atoms with E-state index in [0.717, 1.165) is 5.69 Å². The maximum atomic E-state index is 13.0. The summed E-state index contributed by atoms with van der Waals surface area (Å²) < 4.78 is 18.5. The molecule has 0 amide bonds. The van der Waals surface area contributed by atoms with Crippen LogP contribution in [0, 0.1) is 12.7 Å². The molecule has 19 heavy (non-hydrogen) atoms. The lowest BCUT2D eigenvalue weighted by atomic mass is 10.2. The van der Waals surface area contributed by atoms with Crippen molar-refractivity contribution in [2.45, 2.75) is 13.5 Å². The molecule has 0 fully saturated rings. The number of rotatable bonds is 4. The van der Waals surface area contributed by atoms with Gasteiger partial charge in [0, 0.05) is 5.69 Å². The Kier molecular flexibility index (Phi) is 4.12. The molecule has 98 valence electrons. The van der Waals surface area contributed by atoms with E-state index in [1.54, 1.807) is 25.1 Å². The Morgan fingerprint density at radius 1 is 1.37 bits per heavy atom. The lowest BCUT2D eigenvalue weighted by Crippen LogP contribution is -2.01. The number of carbonyl (C=O) groups excluding carboxylic acids is 1. The number of benzene rings is 1. The molecule has 0 N–H and O–H groups in total. The second-order valence-electron chi connectivity index (χ2n) is 3.99. The highest BCUT2D eigenvalue weighted by Crippen LogP contribution is 2.19. The molecule has 0 spiro atoms. The number of hydrogen-bond donors (Lipinski definition) is 0. The molecule has 0 radical (unpaired) electrons. The highest BCUT2D eigenvalue weighted by molar-refractivity contribution is 6.30. The van der Waals surface area contributed by atoms with Crippen LogP contribution in [0.25, 0.3) is 0 Å². The third-order valence-electron chi connectivity index (χ3n) is 2.52. The van der Waals surface area contributed by atoms with Crippen molar-refractivity contribution in [3.05, 3.63) is 58.1 Å². The minimum atomic E-state index is -0.476. The molecule has 0 saturated heterocycles. The van der Waals surface area contributed by atoms with Crippen LogP contribution in [0.5, 0.6) is 5.75 Å². The summed E-state index contributed by atoms with van der Waals surface area (Å²) in [5.41, 5.74) is 1.69. The van der Waals surface area contributed by atoms with Crippen molar-refractivity contribution in [2.75, 3.05) is 0 Å². The van der Waals surface area contributed by atoms with E-state index < -0.39 is 5.82 Å². The monoisotopic (exact) mass is 279 g/mol. The molecule has 0 bridgehead atoms. The van der Waals surface area contributed by atoms with Crippen LogP contribution >= 0.6 is 11.6 Å². The minimum Gasteiger partial charge on any atom is -0.487 e. The van der Waals surface area contributed by atoms with Gasteiger partial charge in [-0.15, -0.1) is 0 Å². The summed E-state index contributed by atoms with van der Waals surface area (Å²) in [6.07, 6.45) is 0.639. The van der Waals surface area contributed by atoms with E-state index in [1.807, 2.05) is 0 Å². The number of aromatic nitrogens is 1. The van der Waals surface area contributed by atoms with Crippen LogP contribution in [0.2, 0.25) is 5.02 Å². The van der Waals surface area contributed by atoms with E-state index in [2.05, 4.69) is 4.98 Å². The highest BCUT2D eigenvalue weighted by atomic mass is 35.5. The predicted molar refractivity (Wildman–Crippen MR) is 70.1 cm³/mol. The van der Waals surface area contributed by atoms with Gasteiger partial charge in [-0.25, -0.2) is 9.37 Å². The summed E-state index contributed by atoms with van der Waals surface area (Å²) in [5.74, 6) is -0.0861. The molecule has 2 aromatic rings. The molecule has 0 saturated carbocycles. The topological polar surface area (TPSA) is 39.2 Å². The number of aldehydes is 1. The van der Waals surface area contributed by atoms with Crippen molar-refractivity contribution < 1.29 is 13.9 Å². The van der Waals surface area contributed by atoms with Gasteiger partial charge in [0.1, 0.15) is 23.9 Å². The number of ether oxygens (including phenoxy) is 1. The Morgan fingerprint density at radius 3 is 2.84 bits per heavy atom. The Bertz CT molecular complexity index is 616. The van der Waals surface area contributed by atoms with Gasteiger partial charge in [0.05, 0.1) is 5.02 Å². The van der Waals surface area contributed by atoms with Gasteiger partial charge in [-0.1, -0.05) is 17.7 Å². The smallest absolute Gasteiger partial charge is 0.172 e. The Hall–Kier alpha value is -1.94. The quantitative estimate of drug-likeness (QED) is 0.803. The normalized spacial score (nSPS) is 10.3. The molecule has 5 heteroatoms. The zero-order chi connectivity index (χ0) is 13.8. The van der Waals surface area contributed by atoms with Crippen molar-refractivity contribution >= 4 is 17.9 Å². The van der Waals surface area contributed by atoms with Gasteiger partial charge in [0.15, 0.2) is 6.29 Å². The van der Waals surface area contributed by atoms with E-state index in [-0.39, 0.29) is 17.3 Å². The van der Waals surface area contributed by atoms with Crippen LogP contribution in [0.3, 0.4) is 0 Å². The first kappa shape index (κ1) is 13.5. The zero-order valence-corrected chi connectivity index (χ0v) is 10.9. The molecule has 2 rings (SSSR count). The third kappa shape index (κ3) is 3.29. The summed E-state index contributed by atoms with van der Waals surface area (Å²) in [7, 11) is 0. The summed E-state index contributed by atoms with van der Waals surface area (Å²) in [6, 6.07) is 7.76. The number of hydrogen-bond acceptors (Lipinski definition) is 3. The van der Waals surface area contributed by atoms with Crippen LogP contribution in [0.15, 0.2) is 30.3 Å². The van der Waals surface area contributed by atoms with Crippen LogP contribution in [0.4, 0.5) is 4.39 Å². The Balaban J connectivity index is 2.14. The maximum absolute atomic E-state index is 13.0. The lowest BCUT2D eigenvalue weighted by molar-refractivity contribution is 0.111. The van der Waals surface area contributed by atoms with Gasteiger partial charge < -0.3 is 4.74 Å². The van der Waals surface area contributed by atoms with Crippen molar-refractivity contribution in [1.29, 1.82) is 0 Å². The van der Waals surface area contributed by atoms with Gasteiger partial charge in [-0.3, -0.25) is 4.79 Å². The summed E-state index contributed by atoms with van der Waals surface area (Å²) in [6.45, 7) is 1.97. The minimum absolute atomic E-state index is 0.0405. The Morgan fingerprint density at radius 2 is 2.16 bits per heavy atom. The maximum Gasteiger partial charge on any atom is 0.172 e. The van der Waals surface area contributed by atoms with E-state index in [1.165, 1.54) is 12.1 Å². The van der Waals surface area contributed by atoms with Crippen molar-refractivity contribution in [2.24, 2.45) is 0 Å². The zero-order valence-electron chi connectivity index (χ0n) is 10.2. The van der Waals surface area contributed by atoms with Crippen LogP contribution < -0.4 is 4.74 Å². The second kappa shape index (κ2) is 5.80. The molecule has 1 aromatic heterocycles. The largest absolute Gasteiger partial charge is 0.487 e. The molecule has 0 aliphatic heterocycles. The van der Waals surface area contributed by atoms with Crippen molar-refractivity contribution in [3.8, 4) is 5.75 Å².